The first kappa shape index (κ1) is 10.7. The molecule has 4 heteroatoms. The summed E-state index contributed by atoms with van der Waals surface area (Å²) in [5.74, 6) is 0.749. The normalized spacial score (nSPS) is 23.1. The van der Waals surface area contributed by atoms with Gasteiger partial charge in [-0.3, -0.25) is 4.90 Å². The van der Waals surface area contributed by atoms with Gasteiger partial charge < -0.3 is 0 Å². The summed E-state index contributed by atoms with van der Waals surface area (Å²) in [5, 5.41) is 0. The van der Waals surface area contributed by atoms with Crippen molar-refractivity contribution in [2.75, 3.05) is 12.4 Å². The summed E-state index contributed by atoms with van der Waals surface area (Å²) in [6.07, 6.45) is 2.51. The summed E-state index contributed by atoms with van der Waals surface area (Å²) >= 11 is 13.5. The van der Waals surface area contributed by atoms with E-state index in [1.165, 1.54) is 24.3 Å². The molecular formula is C10H13Cl2NS. The monoisotopic (exact) mass is 249 g/mol. The number of halogens is 2. The number of rotatable bonds is 3. The van der Waals surface area contributed by atoms with Gasteiger partial charge in [-0.25, -0.2) is 0 Å². The highest BCUT2D eigenvalue weighted by Gasteiger charge is 2.23. The topological polar surface area (TPSA) is 3.24 Å². The van der Waals surface area contributed by atoms with E-state index in [4.69, 9.17) is 23.2 Å². The number of hydrogen-bond donors (Lipinski definition) is 0. The van der Waals surface area contributed by atoms with Crippen molar-refractivity contribution >= 4 is 34.5 Å². The van der Waals surface area contributed by atoms with Crippen molar-refractivity contribution in [3.63, 3.8) is 0 Å². The lowest BCUT2D eigenvalue weighted by molar-refractivity contribution is 0.265. The SMILES string of the molecule is ClCC1CCCN1Cc1ccc(Cl)s1. The maximum atomic E-state index is 5.91. The minimum Gasteiger partial charge on any atom is -0.294 e. The average molecular weight is 250 g/mol. The molecule has 0 aromatic carbocycles. The number of hydrogen-bond acceptors (Lipinski definition) is 2. The standard InChI is InChI=1S/C10H13Cl2NS/c11-6-8-2-1-5-13(8)7-9-3-4-10(12)14-9/h3-4,8H,1-2,5-7H2. The molecule has 14 heavy (non-hydrogen) atoms. The van der Waals surface area contributed by atoms with Crippen molar-refractivity contribution in [3.05, 3.63) is 21.3 Å². The number of thiophene rings is 1. The Labute approximate surface area is 98.6 Å². The van der Waals surface area contributed by atoms with Crippen molar-refractivity contribution in [1.29, 1.82) is 0 Å². The number of alkyl halides is 1. The van der Waals surface area contributed by atoms with E-state index in [9.17, 15) is 0 Å². The molecule has 1 atom stereocenters. The van der Waals surface area contributed by atoms with Crippen LogP contribution >= 0.6 is 34.5 Å². The molecular weight excluding hydrogens is 237 g/mol. The van der Waals surface area contributed by atoms with Gasteiger partial charge in [0.2, 0.25) is 0 Å². The Bertz CT molecular complexity index is 300. The number of nitrogens with zero attached hydrogens (tertiary/aromatic N) is 1. The van der Waals surface area contributed by atoms with Crippen LogP contribution in [0.15, 0.2) is 12.1 Å². The summed E-state index contributed by atoms with van der Waals surface area (Å²) in [4.78, 5) is 3.79. The van der Waals surface area contributed by atoms with Crippen LogP contribution in [-0.2, 0) is 6.54 Å². The molecule has 2 heterocycles. The van der Waals surface area contributed by atoms with E-state index in [1.807, 2.05) is 6.07 Å². The molecule has 1 aromatic heterocycles. The van der Waals surface area contributed by atoms with Crippen molar-refractivity contribution in [1.82, 2.24) is 4.90 Å². The van der Waals surface area contributed by atoms with E-state index < -0.39 is 0 Å². The second kappa shape index (κ2) is 4.84. The molecule has 0 N–H and O–H groups in total. The third-order valence-corrected chi connectivity index (χ3v) is 4.24. The quantitative estimate of drug-likeness (QED) is 0.741. The van der Waals surface area contributed by atoms with Crippen molar-refractivity contribution < 1.29 is 0 Å². The summed E-state index contributed by atoms with van der Waals surface area (Å²) in [6, 6.07) is 4.64. The highest BCUT2D eigenvalue weighted by Crippen LogP contribution is 2.26. The summed E-state index contributed by atoms with van der Waals surface area (Å²) in [6.45, 7) is 2.18. The van der Waals surface area contributed by atoms with Crippen LogP contribution in [0.1, 0.15) is 17.7 Å². The molecule has 0 amide bonds. The van der Waals surface area contributed by atoms with Crippen LogP contribution in [0.3, 0.4) is 0 Å². The minimum absolute atomic E-state index is 0.567. The second-order valence-electron chi connectivity index (χ2n) is 3.63. The van der Waals surface area contributed by atoms with Gasteiger partial charge in [0.15, 0.2) is 0 Å². The zero-order chi connectivity index (χ0) is 9.97. The van der Waals surface area contributed by atoms with Crippen LogP contribution in [0.4, 0.5) is 0 Å². The molecule has 2 rings (SSSR count). The fourth-order valence-corrected chi connectivity index (χ4v) is 3.38. The maximum Gasteiger partial charge on any atom is 0.0931 e. The first-order valence-corrected chi connectivity index (χ1v) is 6.56. The van der Waals surface area contributed by atoms with Gasteiger partial charge >= 0.3 is 0 Å². The van der Waals surface area contributed by atoms with Gasteiger partial charge in [0, 0.05) is 23.3 Å². The Morgan fingerprint density at radius 3 is 3.00 bits per heavy atom. The van der Waals surface area contributed by atoms with E-state index in [-0.39, 0.29) is 0 Å². The molecule has 1 unspecified atom stereocenters. The van der Waals surface area contributed by atoms with Crippen molar-refractivity contribution in [2.24, 2.45) is 0 Å². The second-order valence-corrected chi connectivity index (χ2v) is 5.73. The maximum absolute atomic E-state index is 5.91. The molecule has 1 fully saturated rings. The van der Waals surface area contributed by atoms with Gasteiger partial charge in [-0.2, -0.15) is 0 Å². The molecule has 1 nitrogen and oxygen atoms in total. The first-order valence-electron chi connectivity index (χ1n) is 4.84. The molecule has 0 aliphatic carbocycles. The van der Waals surface area contributed by atoms with E-state index in [0.717, 1.165) is 16.8 Å². The van der Waals surface area contributed by atoms with E-state index >= 15 is 0 Å². The van der Waals surface area contributed by atoms with Crippen molar-refractivity contribution in [2.45, 2.75) is 25.4 Å². The molecule has 1 aliphatic rings. The lowest BCUT2D eigenvalue weighted by atomic mass is 10.2. The lowest BCUT2D eigenvalue weighted by Crippen LogP contribution is -2.29. The van der Waals surface area contributed by atoms with Crippen LogP contribution in [0.2, 0.25) is 4.34 Å². The lowest BCUT2D eigenvalue weighted by Gasteiger charge is -2.21. The summed E-state index contributed by atoms with van der Waals surface area (Å²) in [5.41, 5.74) is 0. The van der Waals surface area contributed by atoms with Crippen LogP contribution in [0, 0.1) is 0 Å². The van der Waals surface area contributed by atoms with Crippen LogP contribution in [0.25, 0.3) is 0 Å². The van der Waals surface area contributed by atoms with E-state index in [2.05, 4.69) is 11.0 Å². The first-order chi connectivity index (χ1) is 6.79. The van der Waals surface area contributed by atoms with E-state index in [0.29, 0.717) is 6.04 Å². The third-order valence-electron chi connectivity index (χ3n) is 2.66. The Balaban J connectivity index is 1.96. The van der Waals surface area contributed by atoms with Gasteiger partial charge in [0.1, 0.15) is 0 Å². The zero-order valence-corrected chi connectivity index (χ0v) is 10.2. The molecule has 78 valence electrons. The van der Waals surface area contributed by atoms with Gasteiger partial charge in [-0.05, 0) is 31.5 Å². The fraction of sp³-hybridized carbons (Fsp3) is 0.600. The predicted octanol–water partition coefficient (Wildman–Crippen LogP) is 3.60. The predicted molar refractivity (Wildman–Crippen MR) is 63.5 cm³/mol. The largest absolute Gasteiger partial charge is 0.294 e. The highest BCUT2D eigenvalue weighted by molar-refractivity contribution is 7.16. The zero-order valence-electron chi connectivity index (χ0n) is 7.88. The van der Waals surface area contributed by atoms with Crippen LogP contribution in [-0.4, -0.2) is 23.4 Å². The summed E-state index contributed by atoms with van der Waals surface area (Å²) < 4.78 is 0.877. The molecule has 0 radical (unpaired) electrons. The Kier molecular flexibility index (Phi) is 3.72. The van der Waals surface area contributed by atoms with Gasteiger partial charge in [0.05, 0.1) is 4.34 Å². The highest BCUT2D eigenvalue weighted by atomic mass is 35.5. The molecule has 0 bridgehead atoms. The Morgan fingerprint density at radius 2 is 2.36 bits per heavy atom. The van der Waals surface area contributed by atoms with Crippen molar-refractivity contribution in [3.8, 4) is 0 Å². The molecule has 1 saturated heterocycles. The van der Waals surface area contributed by atoms with Gasteiger partial charge in [-0.15, -0.1) is 22.9 Å². The molecule has 1 aromatic rings. The Morgan fingerprint density at radius 1 is 1.50 bits per heavy atom. The minimum atomic E-state index is 0.567. The molecule has 0 spiro atoms. The summed E-state index contributed by atoms with van der Waals surface area (Å²) in [7, 11) is 0. The van der Waals surface area contributed by atoms with Gasteiger partial charge in [0.25, 0.3) is 0 Å². The Hall–Kier alpha value is 0.240. The van der Waals surface area contributed by atoms with Crippen LogP contribution in [0.5, 0.6) is 0 Å². The average Bonchev–Trinajstić information content (AvgIpc) is 2.76. The third kappa shape index (κ3) is 2.43. The smallest absolute Gasteiger partial charge is 0.0931 e. The van der Waals surface area contributed by atoms with Gasteiger partial charge in [-0.1, -0.05) is 11.6 Å². The molecule has 0 saturated carbocycles. The fourth-order valence-electron chi connectivity index (χ4n) is 1.91. The number of likely N-dealkylation sites (tertiary alicyclic amines) is 1. The van der Waals surface area contributed by atoms with E-state index in [1.54, 1.807) is 11.3 Å². The van der Waals surface area contributed by atoms with Crippen LogP contribution < -0.4 is 0 Å². The molecule has 1 aliphatic heterocycles.